The van der Waals surface area contributed by atoms with E-state index in [0.29, 0.717) is 11.3 Å². The van der Waals surface area contributed by atoms with Crippen LogP contribution in [0.3, 0.4) is 0 Å². The molecule has 9 heteroatoms. The van der Waals surface area contributed by atoms with Gasteiger partial charge in [0.25, 0.3) is 5.69 Å². The van der Waals surface area contributed by atoms with Crippen molar-refractivity contribution in [2.75, 3.05) is 11.9 Å². The van der Waals surface area contributed by atoms with E-state index in [2.05, 4.69) is 5.32 Å². The lowest BCUT2D eigenvalue weighted by Gasteiger charge is -2.40. The molecule has 1 fully saturated rings. The highest BCUT2D eigenvalue weighted by Crippen LogP contribution is 2.26. The Morgan fingerprint density at radius 3 is 2.50 bits per heavy atom. The number of rotatable bonds is 4. The van der Waals surface area contributed by atoms with E-state index in [1.54, 1.807) is 6.92 Å². The van der Waals surface area contributed by atoms with E-state index in [9.17, 15) is 25.4 Å². The largest absolute Gasteiger partial charge is 0.394 e. The van der Waals surface area contributed by atoms with Crippen molar-refractivity contribution in [2.24, 2.45) is 0 Å². The van der Waals surface area contributed by atoms with Gasteiger partial charge in [0.2, 0.25) is 0 Å². The lowest BCUT2D eigenvalue weighted by Crippen LogP contribution is -2.60. The van der Waals surface area contributed by atoms with E-state index in [1.165, 1.54) is 18.2 Å². The molecule has 122 valence electrons. The molecule has 22 heavy (non-hydrogen) atoms. The number of nitro benzene ring substituents is 1. The summed E-state index contributed by atoms with van der Waals surface area (Å²) in [4.78, 5) is 10.2. The summed E-state index contributed by atoms with van der Waals surface area (Å²) in [6.45, 7) is 1.11. The zero-order valence-corrected chi connectivity index (χ0v) is 11.8. The molecule has 5 atom stereocenters. The number of anilines is 1. The second kappa shape index (κ2) is 6.55. The fraction of sp³-hybridized carbons (Fsp3) is 0.538. The number of aliphatic hydroxyl groups excluding tert-OH is 4. The second-order valence-corrected chi connectivity index (χ2v) is 5.15. The van der Waals surface area contributed by atoms with Crippen LogP contribution in [0.4, 0.5) is 11.4 Å². The van der Waals surface area contributed by atoms with Crippen molar-refractivity contribution in [3.05, 3.63) is 33.9 Å². The van der Waals surface area contributed by atoms with Crippen molar-refractivity contribution >= 4 is 11.4 Å². The summed E-state index contributed by atoms with van der Waals surface area (Å²) in [5.41, 5.74) is 0.943. The van der Waals surface area contributed by atoms with Crippen molar-refractivity contribution < 1.29 is 30.1 Å². The first-order valence-corrected chi connectivity index (χ1v) is 6.67. The van der Waals surface area contributed by atoms with E-state index in [4.69, 9.17) is 9.84 Å². The predicted molar refractivity (Wildman–Crippen MR) is 75.2 cm³/mol. The van der Waals surface area contributed by atoms with E-state index in [0.717, 1.165) is 0 Å². The maximum atomic E-state index is 10.7. The number of ether oxygens (including phenoxy) is 1. The average molecular weight is 314 g/mol. The summed E-state index contributed by atoms with van der Waals surface area (Å²) in [6, 6.07) is 4.10. The third-order valence-electron chi connectivity index (χ3n) is 3.61. The number of benzene rings is 1. The Labute approximate surface area is 125 Å². The molecule has 1 aromatic carbocycles. The molecule has 1 aromatic rings. The van der Waals surface area contributed by atoms with Gasteiger partial charge in [0, 0.05) is 17.8 Å². The van der Waals surface area contributed by atoms with Gasteiger partial charge >= 0.3 is 0 Å². The smallest absolute Gasteiger partial charge is 0.269 e. The SMILES string of the molecule is Cc1cc([N+](=O)[O-])ccc1N[C@@H]1O[C@H](CO)[C@H](O)[C@@H](O)[C@H]1O. The summed E-state index contributed by atoms with van der Waals surface area (Å²) >= 11 is 0. The zero-order chi connectivity index (χ0) is 16.4. The Bertz CT molecular complexity index is 551. The van der Waals surface area contributed by atoms with Gasteiger partial charge in [-0.1, -0.05) is 0 Å². The molecule has 9 nitrogen and oxygen atoms in total. The zero-order valence-electron chi connectivity index (χ0n) is 11.8. The van der Waals surface area contributed by atoms with E-state index in [-0.39, 0.29) is 5.69 Å². The summed E-state index contributed by atoms with van der Waals surface area (Å²) in [5.74, 6) is 0. The highest BCUT2D eigenvalue weighted by Gasteiger charge is 2.43. The van der Waals surface area contributed by atoms with Gasteiger partial charge in [0.1, 0.15) is 24.4 Å². The Balaban J connectivity index is 2.17. The molecule has 0 radical (unpaired) electrons. The van der Waals surface area contributed by atoms with Crippen molar-refractivity contribution in [3.8, 4) is 0 Å². The first-order valence-electron chi connectivity index (χ1n) is 6.67. The van der Waals surface area contributed by atoms with Crippen molar-refractivity contribution in [1.82, 2.24) is 0 Å². The minimum Gasteiger partial charge on any atom is -0.394 e. The first-order chi connectivity index (χ1) is 10.3. The third-order valence-corrected chi connectivity index (χ3v) is 3.61. The second-order valence-electron chi connectivity index (χ2n) is 5.15. The van der Waals surface area contributed by atoms with Crippen LogP contribution < -0.4 is 5.32 Å². The Morgan fingerprint density at radius 2 is 1.95 bits per heavy atom. The fourth-order valence-corrected chi connectivity index (χ4v) is 2.30. The molecule has 0 aliphatic carbocycles. The normalized spacial score (nSPS) is 31.8. The summed E-state index contributed by atoms with van der Waals surface area (Å²) in [7, 11) is 0. The molecule has 2 rings (SSSR count). The molecule has 0 bridgehead atoms. The van der Waals surface area contributed by atoms with Crippen LogP contribution in [0.15, 0.2) is 18.2 Å². The van der Waals surface area contributed by atoms with Gasteiger partial charge in [0.15, 0.2) is 6.23 Å². The van der Waals surface area contributed by atoms with E-state index >= 15 is 0 Å². The molecule has 1 saturated heterocycles. The standard InChI is InChI=1S/C13H18N2O7/c1-6-4-7(15(20)21)2-3-8(6)14-13-12(19)11(18)10(17)9(5-16)22-13/h2-4,9-14,16-19H,5H2,1H3/t9-,10+,11-,12-,13-/m1/s1. The molecular weight excluding hydrogens is 296 g/mol. The number of hydrogen-bond acceptors (Lipinski definition) is 8. The molecule has 0 aromatic heterocycles. The van der Waals surface area contributed by atoms with Crippen molar-refractivity contribution in [3.63, 3.8) is 0 Å². The molecule has 0 saturated carbocycles. The number of nitrogens with zero attached hydrogens (tertiary/aromatic N) is 1. The molecule has 1 heterocycles. The number of non-ortho nitro benzene ring substituents is 1. The van der Waals surface area contributed by atoms with Crippen LogP contribution in [0.2, 0.25) is 0 Å². The van der Waals surface area contributed by atoms with Gasteiger partial charge in [0.05, 0.1) is 11.5 Å². The topological polar surface area (TPSA) is 145 Å². The van der Waals surface area contributed by atoms with Gasteiger partial charge in [-0.3, -0.25) is 10.1 Å². The van der Waals surface area contributed by atoms with Gasteiger partial charge in [-0.05, 0) is 18.6 Å². The van der Waals surface area contributed by atoms with Crippen LogP contribution in [0, 0.1) is 17.0 Å². The minimum atomic E-state index is -1.48. The van der Waals surface area contributed by atoms with Gasteiger partial charge in [-0.2, -0.15) is 0 Å². The number of nitro groups is 1. The van der Waals surface area contributed by atoms with Crippen LogP contribution >= 0.6 is 0 Å². The molecular formula is C13H18N2O7. The summed E-state index contributed by atoms with van der Waals surface area (Å²) < 4.78 is 5.31. The van der Waals surface area contributed by atoms with E-state index < -0.39 is 42.2 Å². The lowest BCUT2D eigenvalue weighted by atomic mass is 9.98. The molecule has 0 spiro atoms. The summed E-state index contributed by atoms with van der Waals surface area (Å²) in [5, 5.41) is 52.0. The van der Waals surface area contributed by atoms with Crippen LogP contribution in [0.1, 0.15) is 5.56 Å². The number of hydrogen-bond donors (Lipinski definition) is 5. The van der Waals surface area contributed by atoms with Gasteiger partial charge in [-0.25, -0.2) is 0 Å². The number of nitrogens with one attached hydrogen (secondary N) is 1. The van der Waals surface area contributed by atoms with Crippen LogP contribution in [0.5, 0.6) is 0 Å². The Kier molecular flexibility index (Phi) is 4.94. The highest BCUT2D eigenvalue weighted by atomic mass is 16.6. The molecule has 0 unspecified atom stereocenters. The lowest BCUT2D eigenvalue weighted by molar-refractivity contribution is -0.384. The maximum absolute atomic E-state index is 10.7. The van der Waals surface area contributed by atoms with Gasteiger partial charge in [-0.15, -0.1) is 0 Å². The molecule has 1 aliphatic heterocycles. The molecule has 1 aliphatic rings. The van der Waals surface area contributed by atoms with Crippen LogP contribution in [0.25, 0.3) is 0 Å². The fourth-order valence-electron chi connectivity index (χ4n) is 2.30. The van der Waals surface area contributed by atoms with Crippen LogP contribution in [-0.4, -0.2) is 62.6 Å². The van der Waals surface area contributed by atoms with Gasteiger partial charge < -0.3 is 30.5 Å². The van der Waals surface area contributed by atoms with E-state index in [1.807, 2.05) is 0 Å². The Hall–Kier alpha value is -1.78. The predicted octanol–water partition coefficient (Wildman–Crippen LogP) is -0.885. The Morgan fingerprint density at radius 1 is 1.27 bits per heavy atom. The molecule has 5 N–H and O–H groups in total. The number of aliphatic hydroxyl groups is 4. The average Bonchev–Trinajstić information content (AvgIpc) is 2.49. The summed E-state index contributed by atoms with van der Waals surface area (Å²) in [6.07, 6.45) is -6.44. The quantitative estimate of drug-likeness (QED) is 0.355. The first kappa shape index (κ1) is 16.6. The maximum Gasteiger partial charge on any atom is 0.269 e. The number of aryl methyl sites for hydroxylation is 1. The monoisotopic (exact) mass is 314 g/mol. The van der Waals surface area contributed by atoms with Crippen molar-refractivity contribution in [2.45, 2.75) is 37.6 Å². The third kappa shape index (κ3) is 3.18. The highest BCUT2D eigenvalue weighted by molar-refractivity contribution is 5.55. The minimum absolute atomic E-state index is 0.0724. The van der Waals surface area contributed by atoms with Crippen LogP contribution in [-0.2, 0) is 4.74 Å². The van der Waals surface area contributed by atoms with Crippen molar-refractivity contribution in [1.29, 1.82) is 0 Å². The molecule has 0 amide bonds.